The van der Waals surface area contributed by atoms with E-state index < -0.39 is 32.1 Å². The number of nitrogens with zero attached hydrogens (tertiary/aromatic N) is 3. The molecule has 1 saturated heterocycles. The van der Waals surface area contributed by atoms with Crippen molar-refractivity contribution in [2.24, 2.45) is 23.7 Å². The van der Waals surface area contributed by atoms with Crippen molar-refractivity contribution in [1.82, 2.24) is 0 Å². The van der Waals surface area contributed by atoms with Gasteiger partial charge >= 0.3 is 6.18 Å². The minimum absolute atomic E-state index is 0.0507. The molecule has 2 saturated carbocycles. The summed E-state index contributed by atoms with van der Waals surface area (Å²) in [4.78, 5) is 0. The molecule has 0 unspecified atom stereocenters. The molecule has 1 aromatic carbocycles. The summed E-state index contributed by atoms with van der Waals surface area (Å²) >= 11 is 0. The minimum atomic E-state index is -4.75. The standard InChI is InChI=1S/C18H16F3N3O2S/c1-17-12-4-11(8-23)14(5-12)16(17)9-24(27(17,25)26)13-3-2-10(7-22)15(6-13)18(19,20)21/h2-3,6,11-12,14,16H,4-5,9H2,1H3/t11-,12+,14+,16-,17+/m0/s1. The summed E-state index contributed by atoms with van der Waals surface area (Å²) in [7, 11) is -3.89. The lowest BCUT2D eigenvalue weighted by Crippen LogP contribution is -2.46. The Hall–Kier alpha value is -2.26. The van der Waals surface area contributed by atoms with Gasteiger partial charge in [-0.3, -0.25) is 4.31 Å². The Morgan fingerprint density at radius 1 is 1.26 bits per heavy atom. The van der Waals surface area contributed by atoms with Crippen molar-refractivity contribution in [1.29, 1.82) is 10.5 Å². The molecule has 3 fully saturated rings. The van der Waals surface area contributed by atoms with E-state index in [1.807, 2.05) is 0 Å². The fourth-order valence-electron chi connectivity index (χ4n) is 5.36. The predicted molar refractivity (Wildman–Crippen MR) is 89.6 cm³/mol. The van der Waals surface area contributed by atoms with Gasteiger partial charge < -0.3 is 0 Å². The summed E-state index contributed by atoms with van der Waals surface area (Å²) in [6, 6.07) is 6.76. The fraction of sp³-hybridized carbons (Fsp3) is 0.556. The van der Waals surface area contributed by atoms with Crippen LogP contribution in [-0.4, -0.2) is 19.7 Å². The number of hydrogen-bond donors (Lipinski definition) is 0. The van der Waals surface area contributed by atoms with Gasteiger partial charge in [0.2, 0.25) is 10.0 Å². The highest BCUT2D eigenvalue weighted by molar-refractivity contribution is 7.94. The first kappa shape index (κ1) is 18.1. The quantitative estimate of drug-likeness (QED) is 0.730. The van der Waals surface area contributed by atoms with Crippen LogP contribution >= 0.6 is 0 Å². The molecule has 1 aliphatic heterocycles. The molecule has 4 rings (SSSR count). The van der Waals surface area contributed by atoms with Gasteiger partial charge in [-0.25, -0.2) is 8.42 Å². The molecule has 0 amide bonds. The van der Waals surface area contributed by atoms with E-state index in [4.69, 9.17) is 5.26 Å². The van der Waals surface area contributed by atoms with Crippen LogP contribution in [0, 0.1) is 46.3 Å². The summed E-state index contributed by atoms with van der Waals surface area (Å²) < 4.78 is 66.4. The van der Waals surface area contributed by atoms with Crippen LogP contribution in [0.3, 0.4) is 0 Å². The second-order valence-corrected chi connectivity index (χ2v) is 10.0. The molecule has 5 nitrogen and oxygen atoms in total. The van der Waals surface area contributed by atoms with E-state index in [0.717, 1.165) is 16.4 Å². The molecule has 0 N–H and O–H groups in total. The Balaban J connectivity index is 1.80. The van der Waals surface area contributed by atoms with Gasteiger partial charge in [-0.2, -0.15) is 23.7 Å². The number of anilines is 1. The van der Waals surface area contributed by atoms with E-state index in [-0.39, 0.29) is 35.9 Å². The van der Waals surface area contributed by atoms with Gasteiger partial charge in [0.15, 0.2) is 0 Å². The van der Waals surface area contributed by atoms with Crippen LogP contribution in [0.4, 0.5) is 18.9 Å². The molecular formula is C18H16F3N3O2S. The lowest BCUT2D eigenvalue weighted by atomic mass is 9.74. The number of nitriles is 2. The molecule has 2 bridgehead atoms. The molecule has 0 spiro atoms. The van der Waals surface area contributed by atoms with Gasteiger partial charge in [-0.15, -0.1) is 0 Å². The lowest BCUT2D eigenvalue weighted by molar-refractivity contribution is -0.137. The zero-order valence-corrected chi connectivity index (χ0v) is 15.2. The van der Waals surface area contributed by atoms with Gasteiger partial charge in [0, 0.05) is 18.4 Å². The molecule has 0 radical (unpaired) electrons. The highest BCUT2D eigenvalue weighted by Crippen LogP contribution is 2.64. The van der Waals surface area contributed by atoms with E-state index in [2.05, 4.69) is 6.07 Å². The monoisotopic (exact) mass is 395 g/mol. The van der Waals surface area contributed by atoms with Crippen LogP contribution in [0.1, 0.15) is 30.9 Å². The van der Waals surface area contributed by atoms with E-state index in [9.17, 15) is 26.9 Å². The molecule has 5 atom stereocenters. The average molecular weight is 395 g/mol. The van der Waals surface area contributed by atoms with Crippen molar-refractivity contribution in [3.8, 4) is 12.1 Å². The zero-order chi connectivity index (χ0) is 19.8. The van der Waals surface area contributed by atoms with Gasteiger partial charge in [-0.1, -0.05) is 0 Å². The lowest BCUT2D eigenvalue weighted by Gasteiger charge is -2.35. The van der Waals surface area contributed by atoms with Gasteiger partial charge in [0.25, 0.3) is 0 Å². The van der Waals surface area contributed by atoms with Crippen molar-refractivity contribution < 1.29 is 21.6 Å². The maximum absolute atomic E-state index is 13.3. The molecule has 142 valence electrons. The van der Waals surface area contributed by atoms with Gasteiger partial charge in [0.1, 0.15) is 0 Å². The van der Waals surface area contributed by atoms with Gasteiger partial charge in [0.05, 0.1) is 33.7 Å². The highest BCUT2D eigenvalue weighted by Gasteiger charge is 2.70. The number of halogens is 3. The number of benzene rings is 1. The Morgan fingerprint density at radius 2 is 1.96 bits per heavy atom. The van der Waals surface area contributed by atoms with Crippen molar-refractivity contribution in [2.45, 2.75) is 30.7 Å². The Bertz CT molecular complexity index is 1010. The van der Waals surface area contributed by atoms with Crippen LogP contribution in [0.5, 0.6) is 0 Å². The second-order valence-electron chi connectivity index (χ2n) is 7.73. The zero-order valence-electron chi connectivity index (χ0n) is 14.4. The summed E-state index contributed by atoms with van der Waals surface area (Å²) in [6.07, 6.45) is -3.56. The topological polar surface area (TPSA) is 85.0 Å². The molecule has 0 aromatic heterocycles. The summed E-state index contributed by atoms with van der Waals surface area (Å²) in [5.41, 5.74) is -1.76. The van der Waals surface area contributed by atoms with E-state index in [0.29, 0.717) is 12.8 Å². The third-order valence-corrected chi connectivity index (χ3v) is 9.45. The smallest absolute Gasteiger partial charge is 0.269 e. The molecule has 1 aromatic rings. The first-order valence-corrected chi connectivity index (χ1v) is 10.0. The van der Waals surface area contributed by atoms with Crippen LogP contribution in [0.25, 0.3) is 0 Å². The van der Waals surface area contributed by atoms with E-state index >= 15 is 0 Å². The van der Waals surface area contributed by atoms with Crippen molar-refractivity contribution >= 4 is 15.7 Å². The van der Waals surface area contributed by atoms with Crippen LogP contribution in [-0.2, 0) is 16.2 Å². The average Bonchev–Trinajstić information content (AvgIpc) is 3.21. The number of fused-ring (bicyclic) bond motifs is 5. The van der Waals surface area contributed by atoms with Crippen molar-refractivity contribution in [3.05, 3.63) is 29.3 Å². The minimum Gasteiger partial charge on any atom is -0.269 e. The van der Waals surface area contributed by atoms with E-state index in [1.165, 1.54) is 12.1 Å². The Kier molecular flexibility index (Phi) is 3.61. The molecule has 2 aliphatic carbocycles. The number of hydrogen-bond acceptors (Lipinski definition) is 4. The first-order chi connectivity index (χ1) is 12.6. The molecule has 27 heavy (non-hydrogen) atoms. The summed E-state index contributed by atoms with van der Waals surface area (Å²) in [5, 5.41) is 18.3. The number of rotatable bonds is 1. The summed E-state index contributed by atoms with van der Waals surface area (Å²) in [6.45, 7) is 1.74. The molecule has 3 aliphatic rings. The molecule has 1 heterocycles. The molecular weight excluding hydrogens is 379 g/mol. The van der Waals surface area contributed by atoms with Crippen molar-refractivity contribution in [3.63, 3.8) is 0 Å². The Labute approximate surface area is 155 Å². The summed E-state index contributed by atoms with van der Waals surface area (Å²) in [5.74, 6) is -0.691. The first-order valence-electron chi connectivity index (χ1n) is 8.59. The molecule has 9 heteroatoms. The SMILES string of the molecule is C[C@@]12[C@H]3C[C@H]([C@H](C#N)C3)[C@@H]1CN(c1ccc(C#N)c(C(F)(F)F)c1)S2(=O)=O. The number of sulfonamides is 1. The maximum atomic E-state index is 13.3. The van der Waals surface area contributed by atoms with Crippen LogP contribution in [0.15, 0.2) is 18.2 Å². The predicted octanol–water partition coefficient (Wildman–Crippen LogP) is 3.28. The number of alkyl halides is 3. The Morgan fingerprint density at radius 3 is 2.56 bits per heavy atom. The van der Waals surface area contributed by atoms with E-state index in [1.54, 1.807) is 6.92 Å². The fourth-order valence-corrected chi connectivity index (χ4v) is 7.82. The van der Waals surface area contributed by atoms with Crippen LogP contribution < -0.4 is 4.31 Å². The third-order valence-electron chi connectivity index (χ3n) is 6.77. The largest absolute Gasteiger partial charge is 0.417 e. The highest BCUT2D eigenvalue weighted by atomic mass is 32.2. The third kappa shape index (κ3) is 2.18. The maximum Gasteiger partial charge on any atom is 0.417 e. The normalized spacial score (nSPS) is 36.3. The second kappa shape index (κ2) is 5.39. The van der Waals surface area contributed by atoms with Gasteiger partial charge in [-0.05, 0) is 49.8 Å². The van der Waals surface area contributed by atoms with Crippen molar-refractivity contribution in [2.75, 3.05) is 10.8 Å². The van der Waals surface area contributed by atoms with Crippen LogP contribution in [0.2, 0.25) is 0 Å².